The molecule has 6 heteroatoms. The number of nitrogens with two attached hydrogens (primary N) is 1. The van der Waals surface area contributed by atoms with E-state index in [1.165, 1.54) is 0 Å². The van der Waals surface area contributed by atoms with Gasteiger partial charge in [-0.3, -0.25) is 4.98 Å². The number of pyridine rings is 1. The Bertz CT molecular complexity index is 691. The lowest BCUT2D eigenvalue weighted by Crippen LogP contribution is -2.14. The van der Waals surface area contributed by atoms with E-state index in [0.29, 0.717) is 22.1 Å². The van der Waals surface area contributed by atoms with Crippen LogP contribution in [0, 0.1) is 13.8 Å². The van der Waals surface area contributed by atoms with Crippen molar-refractivity contribution in [1.82, 2.24) is 4.98 Å². The first kappa shape index (κ1) is 15.2. The largest absolute Gasteiger partial charge is 0.455 e. The van der Waals surface area contributed by atoms with E-state index in [9.17, 15) is 0 Å². The average Bonchev–Trinajstić information content (AvgIpc) is 2.31. The van der Waals surface area contributed by atoms with Crippen molar-refractivity contribution in [2.24, 2.45) is 5.73 Å². The summed E-state index contributed by atoms with van der Waals surface area (Å²) < 4.78 is 6.74. The number of ether oxygens (including phenoxy) is 1. The minimum Gasteiger partial charge on any atom is -0.455 e. The normalized spacial score (nSPS) is 10.4. The van der Waals surface area contributed by atoms with Crippen molar-refractivity contribution in [3.63, 3.8) is 0 Å². The molecule has 0 unspecified atom stereocenters. The standard InChI is InChI=1S/C14H12BrClN2OS/c1-7-5-12(13(14(17)20)8(2)18-7)19-11-4-3-9(15)6-10(11)16/h3-6H,1-2H3,(H2,17,20). The summed E-state index contributed by atoms with van der Waals surface area (Å²) in [7, 11) is 0. The number of nitrogens with zero attached hydrogens (tertiary/aromatic N) is 1. The Labute approximate surface area is 136 Å². The molecular weight excluding hydrogens is 360 g/mol. The number of aromatic nitrogens is 1. The maximum atomic E-state index is 6.16. The second-order valence-corrected chi connectivity index (χ2v) is 6.03. The van der Waals surface area contributed by atoms with Crippen molar-refractivity contribution in [3.8, 4) is 11.5 Å². The minimum atomic E-state index is 0.248. The fourth-order valence-electron chi connectivity index (χ4n) is 1.85. The SMILES string of the molecule is Cc1cc(Oc2ccc(Br)cc2Cl)c(C(N)=S)c(C)n1. The molecule has 104 valence electrons. The highest BCUT2D eigenvalue weighted by molar-refractivity contribution is 9.10. The summed E-state index contributed by atoms with van der Waals surface area (Å²) in [6, 6.07) is 7.18. The maximum Gasteiger partial charge on any atom is 0.146 e. The van der Waals surface area contributed by atoms with Crippen molar-refractivity contribution in [3.05, 3.63) is 50.7 Å². The molecule has 0 saturated heterocycles. The molecule has 0 atom stereocenters. The van der Waals surface area contributed by atoms with E-state index < -0.39 is 0 Å². The molecule has 0 bridgehead atoms. The third kappa shape index (κ3) is 3.29. The van der Waals surface area contributed by atoms with E-state index in [2.05, 4.69) is 20.9 Å². The number of aryl methyl sites for hydroxylation is 2. The number of thiocarbonyl (C=S) groups is 1. The molecule has 0 amide bonds. The lowest BCUT2D eigenvalue weighted by molar-refractivity contribution is 0.480. The van der Waals surface area contributed by atoms with Crippen LogP contribution in [-0.4, -0.2) is 9.97 Å². The van der Waals surface area contributed by atoms with Crippen molar-refractivity contribution in [2.75, 3.05) is 0 Å². The Kier molecular flexibility index (Phi) is 4.62. The van der Waals surface area contributed by atoms with Crippen molar-refractivity contribution < 1.29 is 4.74 Å². The summed E-state index contributed by atoms with van der Waals surface area (Å²) in [6.07, 6.45) is 0. The Morgan fingerprint density at radius 3 is 2.60 bits per heavy atom. The zero-order valence-corrected chi connectivity index (χ0v) is 14.1. The summed E-state index contributed by atoms with van der Waals surface area (Å²) in [5, 5.41) is 0.500. The monoisotopic (exact) mass is 370 g/mol. The van der Waals surface area contributed by atoms with Gasteiger partial charge in [0.2, 0.25) is 0 Å². The smallest absolute Gasteiger partial charge is 0.146 e. The van der Waals surface area contributed by atoms with Gasteiger partial charge in [0.05, 0.1) is 16.3 Å². The fraction of sp³-hybridized carbons (Fsp3) is 0.143. The van der Waals surface area contributed by atoms with Gasteiger partial charge in [-0.25, -0.2) is 0 Å². The second-order valence-electron chi connectivity index (χ2n) is 4.26. The van der Waals surface area contributed by atoms with Gasteiger partial charge in [0, 0.05) is 16.2 Å². The molecule has 0 aliphatic rings. The molecule has 1 aromatic carbocycles. The summed E-state index contributed by atoms with van der Waals surface area (Å²) >= 11 is 14.6. The van der Waals surface area contributed by atoms with Crippen LogP contribution in [0.15, 0.2) is 28.7 Å². The number of hydrogen-bond acceptors (Lipinski definition) is 3. The molecule has 0 fully saturated rings. The molecule has 2 N–H and O–H groups in total. The second kappa shape index (κ2) is 6.08. The van der Waals surface area contributed by atoms with Crippen LogP contribution in [0.3, 0.4) is 0 Å². The van der Waals surface area contributed by atoms with Crippen LogP contribution < -0.4 is 10.5 Å². The van der Waals surface area contributed by atoms with Gasteiger partial charge in [-0.2, -0.15) is 0 Å². The molecule has 0 saturated carbocycles. The van der Waals surface area contributed by atoms with Crippen LogP contribution in [0.25, 0.3) is 0 Å². The molecular formula is C14H12BrClN2OS. The minimum absolute atomic E-state index is 0.248. The molecule has 0 spiro atoms. The highest BCUT2D eigenvalue weighted by Gasteiger charge is 2.14. The Morgan fingerprint density at radius 1 is 1.30 bits per heavy atom. The summed E-state index contributed by atoms with van der Waals surface area (Å²) in [5.74, 6) is 1.10. The van der Waals surface area contributed by atoms with Gasteiger partial charge in [-0.1, -0.05) is 39.7 Å². The molecule has 2 aromatic rings. The van der Waals surface area contributed by atoms with E-state index in [1.54, 1.807) is 18.2 Å². The number of rotatable bonds is 3. The van der Waals surface area contributed by atoms with Crippen LogP contribution in [0.5, 0.6) is 11.5 Å². The van der Waals surface area contributed by atoms with Gasteiger partial charge in [0.25, 0.3) is 0 Å². The lowest BCUT2D eigenvalue weighted by Gasteiger charge is -2.14. The van der Waals surface area contributed by atoms with Crippen LogP contribution in [0.2, 0.25) is 5.02 Å². The van der Waals surface area contributed by atoms with Crippen LogP contribution in [0.4, 0.5) is 0 Å². The van der Waals surface area contributed by atoms with Gasteiger partial charge < -0.3 is 10.5 Å². The maximum absolute atomic E-state index is 6.16. The lowest BCUT2D eigenvalue weighted by atomic mass is 10.1. The Balaban J connectivity index is 2.50. The zero-order valence-electron chi connectivity index (χ0n) is 10.9. The fourth-order valence-corrected chi connectivity index (χ4v) is 2.81. The zero-order chi connectivity index (χ0) is 14.9. The topological polar surface area (TPSA) is 48.1 Å². The van der Waals surface area contributed by atoms with Gasteiger partial charge >= 0.3 is 0 Å². The van der Waals surface area contributed by atoms with E-state index in [4.69, 9.17) is 34.3 Å². The quantitative estimate of drug-likeness (QED) is 0.805. The molecule has 0 aliphatic carbocycles. The molecule has 2 rings (SSSR count). The molecule has 1 aromatic heterocycles. The number of hydrogen-bond donors (Lipinski definition) is 1. The molecule has 3 nitrogen and oxygen atoms in total. The first-order valence-electron chi connectivity index (χ1n) is 5.79. The van der Waals surface area contributed by atoms with Crippen LogP contribution in [-0.2, 0) is 0 Å². The summed E-state index contributed by atoms with van der Waals surface area (Å²) in [4.78, 5) is 4.59. The van der Waals surface area contributed by atoms with E-state index in [1.807, 2.05) is 19.9 Å². The van der Waals surface area contributed by atoms with Crippen molar-refractivity contribution >= 4 is 44.7 Å². The third-order valence-corrected chi connectivity index (χ3v) is 3.65. The predicted molar refractivity (Wildman–Crippen MR) is 88.8 cm³/mol. The van der Waals surface area contributed by atoms with Gasteiger partial charge in [0.15, 0.2) is 0 Å². The van der Waals surface area contributed by atoms with E-state index >= 15 is 0 Å². The molecule has 20 heavy (non-hydrogen) atoms. The van der Waals surface area contributed by atoms with Crippen molar-refractivity contribution in [2.45, 2.75) is 13.8 Å². The van der Waals surface area contributed by atoms with E-state index in [-0.39, 0.29) is 4.99 Å². The summed E-state index contributed by atoms with van der Waals surface area (Å²) in [5.41, 5.74) is 7.94. The van der Waals surface area contributed by atoms with Gasteiger partial charge in [-0.15, -0.1) is 0 Å². The third-order valence-electron chi connectivity index (χ3n) is 2.65. The van der Waals surface area contributed by atoms with Crippen LogP contribution in [0.1, 0.15) is 17.0 Å². The molecule has 0 radical (unpaired) electrons. The number of halogens is 2. The van der Waals surface area contributed by atoms with Crippen LogP contribution >= 0.6 is 39.7 Å². The Hall–Kier alpha value is -1.17. The predicted octanol–water partition coefficient (Wildman–Crippen LogP) is 4.54. The average molecular weight is 372 g/mol. The number of benzene rings is 1. The molecule has 1 heterocycles. The summed E-state index contributed by atoms with van der Waals surface area (Å²) in [6.45, 7) is 3.73. The van der Waals surface area contributed by atoms with Crippen molar-refractivity contribution in [1.29, 1.82) is 0 Å². The molecule has 0 aliphatic heterocycles. The first-order valence-corrected chi connectivity index (χ1v) is 7.37. The first-order chi connectivity index (χ1) is 9.38. The van der Waals surface area contributed by atoms with Gasteiger partial charge in [-0.05, 0) is 32.0 Å². The Morgan fingerprint density at radius 2 is 2.00 bits per heavy atom. The van der Waals surface area contributed by atoms with Gasteiger partial charge in [0.1, 0.15) is 16.5 Å². The highest BCUT2D eigenvalue weighted by Crippen LogP contribution is 2.34. The highest BCUT2D eigenvalue weighted by atomic mass is 79.9. The van der Waals surface area contributed by atoms with E-state index in [0.717, 1.165) is 15.9 Å².